The molecule has 0 amide bonds. The number of anilines is 1. The smallest absolute Gasteiger partial charge is 0.214 e. The summed E-state index contributed by atoms with van der Waals surface area (Å²) in [4.78, 5) is 8.10. The average molecular weight is 348 g/mol. The van der Waals surface area contributed by atoms with Crippen molar-refractivity contribution >= 4 is 11.6 Å². The van der Waals surface area contributed by atoms with Crippen molar-refractivity contribution in [2.75, 3.05) is 5.32 Å². The number of rotatable bonds is 2. The van der Waals surface area contributed by atoms with Crippen molar-refractivity contribution in [2.45, 2.75) is 64.1 Å². The van der Waals surface area contributed by atoms with Crippen molar-refractivity contribution < 1.29 is 9.60 Å². The van der Waals surface area contributed by atoms with Crippen LogP contribution in [-0.4, -0.2) is 38.3 Å². The van der Waals surface area contributed by atoms with Crippen LogP contribution in [0, 0.1) is 17.4 Å². The molecule has 0 saturated carbocycles. The molecule has 0 spiro atoms. The Hall–Kier alpha value is -2.24. The zero-order valence-corrected chi connectivity index (χ0v) is 15.0. The minimum absolute atomic E-state index is 0.0959. The van der Waals surface area contributed by atoms with E-state index in [9.17, 15) is 9.60 Å². The Kier molecular flexibility index (Phi) is 5.60. The fourth-order valence-electron chi connectivity index (χ4n) is 3.27. The van der Waals surface area contributed by atoms with Crippen LogP contribution in [0.3, 0.4) is 0 Å². The zero-order chi connectivity index (χ0) is 18.7. The van der Waals surface area contributed by atoms with Gasteiger partial charge in [-0.2, -0.15) is 14.7 Å². The summed E-state index contributed by atoms with van der Waals surface area (Å²) in [6.07, 6.45) is 5.31. The van der Waals surface area contributed by atoms with Crippen molar-refractivity contribution in [2.24, 2.45) is 4.99 Å². The first-order valence-corrected chi connectivity index (χ1v) is 8.25. The summed E-state index contributed by atoms with van der Waals surface area (Å²) in [5, 5.41) is 26.3. The molecular formula is C17H25FN6O. The minimum Gasteiger partial charge on any atom is -0.325 e. The molecule has 0 radical (unpaired) electrons. The number of hydrogen-bond acceptors (Lipinski definition) is 5. The van der Waals surface area contributed by atoms with E-state index in [2.05, 4.69) is 20.6 Å². The van der Waals surface area contributed by atoms with E-state index in [1.807, 2.05) is 33.9 Å². The van der Waals surface area contributed by atoms with Gasteiger partial charge in [0.15, 0.2) is 6.19 Å². The van der Waals surface area contributed by atoms with E-state index in [1.54, 1.807) is 6.07 Å². The second kappa shape index (κ2) is 7.33. The third kappa shape index (κ3) is 4.87. The fraction of sp³-hybridized carbons (Fsp3) is 0.588. The Labute approximate surface area is 147 Å². The number of pyridine rings is 1. The molecule has 0 aromatic carbocycles. The first kappa shape index (κ1) is 19.1. The number of nitrogens with zero attached hydrogens (tertiary/aromatic N) is 4. The lowest BCUT2D eigenvalue weighted by molar-refractivity contribution is -0.221. The van der Waals surface area contributed by atoms with Gasteiger partial charge in [0.05, 0.1) is 6.04 Å². The van der Waals surface area contributed by atoms with E-state index < -0.39 is 11.5 Å². The molecule has 2 heterocycles. The second-order valence-corrected chi connectivity index (χ2v) is 7.54. The molecule has 7 nitrogen and oxygen atoms in total. The molecule has 136 valence electrons. The Bertz CT molecular complexity index is 682. The van der Waals surface area contributed by atoms with E-state index in [0.717, 1.165) is 12.8 Å². The highest BCUT2D eigenvalue weighted by atomic mass is 19.1. The van der Waals surface area contributed by atoms with Crippen LogP contribution < -0.4 is 10.6 Å². The highest BCUT2D eigenvalue weighted by Crippen LogP contribution is 2.36. The molecule has 3 N–H and O–H groups in total. The molecule has 1 aromatic heterocycles. The van der Waals surface area contributed by atoms with Gasteiger partial charge >= 0.3 is 0 Å². The Morgan fingerprint density at radius 3 is 2.80 bits per heavy atom. The largest absolute Gasteiger partial charge is 0.325 e. The van der Waals surface area contributed by atoms with Crippen molar-refractivity contribution in [1.29, 1.82) is 5.26 Å². The quantitative estimate of drug-likeness (QED) is 0.250. The number of nitriles is 1. The van der Waals surface area contributed by atoms with Crippen molar-refractivity contribution in [3.8, 4) is 6.19 Å². The van der Waals surface area contributed by atoms with Crippen molar-refractivity contribution in [3.05, 3.63) is 24.3 Å². The Morgan fingerprint density at radius 2 is 2.16 bits per heavy atom. The Morgan fingerprint density at radius 1 is 1.44 bits per heavy atom. The Balaban J connectivity index is 2.23. The van der Waals surface area contributed by atoms with E-state index in [0.29, 0.717) is 12.1 Å². The summed E-state index contributed by atoms with van der Waals surface area (Å²) in [5.41, 5.74) is -0.376. The summed E-state index contributed by atoms with van der Waals surface area (Å²) in [5.74, 6) is -0.368. The number of nitrogens with one attached hydrogen (secondary N) is 2. The van der Waals surface area contributed by atoms with Gasteiger partial charge in [0.1, 0.15) is 0 Å². The number of hydrogen-bond donors (Lipinski definition) is 3. The second-order valence-electron chi connectivity index (χ2n) is 7.54. The molecule has 1 aromatic rings. The van der Waals surface area contributed by atoms with Crippen molar-refractivity contribution in [3.63, 3.8) is 0 Å². The van der Waals surface area contributed by atoms with E-state index >= 15 is 0 Å². The van der Waals surface area contributed by atoms with Crippen LogP contribution in [-0.2, 0) is 0 Å². The molecule has 1 aliphatic rings. The predicted octanol–water partition coefficient (Wildman–Crippen LogP) is 2.86. The van der Waals surface area contributed by atoms with E-state index in [1.165, 1.54) is 17.3 Å². The van der Waals surface area contributed by atoms with Gasteiger partial charge in [-0.25, -0.2) is 9.98 Å². The first-order chi connectivity index (χ1) is 11.6. The molecule has 8 heteroatoms. The molecule has 25 heavy (non-hydrogen) atoms. The maximum atomic E-state index is 13.2. The number of hydroxylamine groups is 2. The molecule has 2 rings (SSSR count). The predicted molar refractivity (Wildman–Crippen MR) is 93.4 cm³/mol. The van der Waals surface area contributed by atoms with E-state index in [4.69, 9.17) is 5.26 Å². The number of aromatic nitrogens is 1. The zero-order valence-electron chi connectivity index (χ0n) is 15.0. The molecule has 0 aliphatic carbocycles. The van der Waals surface area contributed by atoms with Crippen LogP contribution in [0.1, 0.15) is 47.0 Å². The maximum absolute atomic E-state index is 13.2. The average Bonchev–Trinajstić information content (AvgIpc) is 2.58. The SMILES string of the molecule is CC1(C)CCC(N=C(NC#N)Nc2ccnc(F)c2)CC(C)(C)N1O. The van der Waals surface area contributed by atoms with Gasteiger partial charge in [-0.1, -0.05) is 0 Å². The number of guanidine groups is 1. The molecular weight excluding hydrogens is 323 g/mol. The molecule has 1 fully saturated rings. The number of aliphatic imine (C=N–C) groups is 1. The molecule has 1 atom stereocenters. The van der Waals surface area contributed by atoms with Gasteiger partial charge in [0.2, 0.25) is 11.9 Å². The first-order valence-electron chi connectivity index (χ1n) is 8.25. The lowest BCUT2D eigenvalue weighted by Crippen LogP contribution is -2.52. The van der Waals surface area contributed by atoms with E-state index in [-0.39, 0.29) is 17.5 Å². The van der Waals surface area contributed by atoms with Gasteiger partial charge in [-0.3, -0.25) is 5.32 Å². The third-order valence-corrected chi connectivity index (χ3v) is 4.45. The standard InChI is InChI=1S/C17H25FN6O/c1-16(2)7-5-13(10-17(3,4)24(16)25)23-15(21-11-19)22-12-6-8-20-14(18)9-12/h6,8-9,13,25H,5,7,10H2,1-4H3,(H2,20,21,22,23). The van der Waals surface area contributed by atoms with Gasteiger partial charge in [-0.05, 0) is 53.0 Å². The maximum Gasteiger partial charge on any atom is 0.214 e. The van der Waals surface area contributed by atoms with Crippen LogP contribution in [0.5, 0.6) is 0 Å². The van der Waals surface area contributed by atoms with Crippen LogP contribution >= 0.6 is 0 Å². The lowest BCUT2D eigenvalue weighted by Gasteiger charge is -2.42. The summed E-state index contributed by atoms with van der Waals surface area (Å²) in [6, 6.07) is 2.72. The topological polar surface area (TPSA) is 96.6 Å². The summed E-state index contributed by atoms with van der Waals surface area (Å²) >= 11 is 0. The van der Waals surface area contributed by atoms with Crippen LogP contribution in [0.4, 0.5) is 10.1 Å². The molecule has 0 bridgehead atoms. The van der Waals surface area contributed by atoms with Crippen LogP contribution in [0.2, 0.25) is 0 Å². The summed E-state index contributed by atoms with van der Waals surface area (Å²) in [6.45, 7) is 7.91. The summed E-state index contributed by atoms with van der Waals surface area (Å²) in [7, 11) is 0. The highest BCUT2D eigenvalue weighted by molar-refractivity contribution is 5.94. The normalized spacial score (nSPS) is 23.4. The minimum atomic E-state index is -0.616. The highest BCUT2D eigenvalue weighted by Gasteiger charge is 2.41. The summed E-state index contributed by atoms with van der Waals surface area (Å²) < 4.78 is 13.2. The van der Waals surface area contributed by atoms with Crippen LogP contribution in [0.25, 0.3) is 0 Å². The van der Waals surface area contributed by atoms with Crippen LogP contribution in [0.15, 0.2) is 23.3 Å². The molecule has 1 unspecified atom stereocenters. The van der Waals surface area contributed by atoms with Crippen molar-refractivity contribution in [1.82, 2.24) is 15.4 Å². The fourth-order valence-corrected chi connectivity index (χ4v) is 3.27. The van der Waals surface area contributed by atoms with Gasteiger partial charge < -0.3 is 10.5 Å². The monoisotopic (exact) mass is 348 g/mol. The van der Waals surface area contributed by atoms with Gasteiger partial charge in [-0.15, -0.1) is 0 Å². The molecule has 1 saturated heterocycles. The lowest BCUT2D eigenvalue weighted by atomic mass is 9.94. The van der Waals surface area contributed by atoms with Gasteiger partial charge in [0.25, 0.3) is 0 Å². The third-order valence-electron chi connectivity index (χ3n) is 4.45. The van der Waals surface area contributed by atoms with Gasteiger partial charge in [0, 0.05) is 29.0 Å². The molecule has 1 aliphatic heterocycles. The number of halogens is 1.